The van der Waals surface area contributed by atoms with E-state index in [0.717, 1.165) is 35.8 Å². The summed E-state index contributed by atoms with van der Waals surface area (Å²) in [6.45, 7) is 3.87. The third kappa shape index (κ3) is 7.04. The molecule has 0 unspecified atom stereocenters. The van der Waals surface area contributed by atoms with Crippen molar-refractivity contribution in [2.45, 2.75) is 38.9 Å². The summed E-state index contributed by atoms with van der Waals surface area (Å²) < 4.78 is 32.7. The fourth-order valence-electron chi connectivity index (χ4n) is 3.51. The van der Waals surface area contributed by atoms with Crippen molar-refractivity contribution in [2.24, 2.45) is 12.0 Å². The Morgan fingerprint density at radius 1 is 1.25 bits per heavy atom. The van der Waals surface area contributed by atoms with Gasteiger partial charge in [-0.1, -0.05) is 12.1 Å². The Bertz CT molecular complexity index is 1010. The van der Waals surface area contributed by atoms with Gasteiger partial charge < -0.3 is 19.9 Å². The van der Waals surface area contributed by atoms with Crippen molar-refractivity contribution >= 4 is 40.0 Å². The highest BCUT2D eigenvalue weighted by molar-refractivity contribution is 14.0. The standard InChI is InChI=1S/C20H31N7O3S.HI/c1-15-24-25-19(26(15)2)14-23-20(21-12-16-7-9-18(30-3)10-8-16)22-13-17-6-5-11-27(17)31(4,28)29;/h7-10,17H,5-6,11-14H2,1-4H3,(H2,21,22,23);1H/t17-;/m1./s1. The van der Waals surface area contributed by atoms with Gasteiger partial charge in [0.25, 0.3) is 0 Å². The van der Waals surface area contributed by atoms with Crippen LogP contribution in [0, 0.1) is 6.92 Å². The van der Waals surface area contributed by atoms with Crippen molar-refractivity contribution in [2.75, 3.05) is 26.5 Å². The molecule has 1 saturated heterocycles. The number of methoxy groups -OCH3 is 1. The van der Waals surface area contributed by atoms with Gasteiger partial charge in [-0.25, -0.2) is 13.4 Å². The lowest BCUT2D eigenvalue weighted by Gasteiger charge is -2.23. The normalized spacial score (nSPS) is 17.1. The zero-order valence-corrected chi connectivity index (χ0v) is 22.1. The number of aliphatic imine (C=N–C) groups is 1. The summed E-state index contributed by atoms with van der Waals surface area (Å²) in [6.07, 6.45) is 2.95. The number of ether oxygens (including phenoxy) is 1. The quantitative estimate of drug-likeness (QED) is 0.277. The zero-order chi connectivity index (χ0) is 22.4. The van der Waals surface area contributed by atoms with Crippen LogP contribution in [-0.2, 0) is 30.2 Å². The monoisotopic (exact) mass is 577 g/mol. The zero-order valence-electron chi connectivity index (χ0n) is 18.9. The minimum absolute atomic E-state index is 0. The lowest BCUT2D eigenvalue weighted by atomic mass is 10.2. The number of benzene rings is 1. The highest BCUT2D eigenvalue weighted by Crippen LogP contribution is 2.19. The molecule has 1 aliphatic rings. The van der Waals surface area contributed by atoms with Crippen molar-refractivity contribution < 1.29 is 13.2 Å². The topological polar surface area (TPSA) is 114 Å². The van der Waals surface area contributed by atoms with Crippen LogP contribution in [0.1, 0.15) is 30.1 Å². The first-order valence-electron chi connectivity index (χ1n) is 10.2. The molecule has 12 heteroatoms. The maximum atomic E-state index is 12.0. The van der Waals surface area contributed by atoms with Crippen molar-refractivity contribution in [1.29, 1.82) is 0 Å². The molecule has 0 amide bonds. The number of aryl methyl sites for hydroxylation is 1. The SMILES string of the molecule is COc1ccc(CN=C(NCc2nnc(C)n2C)NC[C@H]2CCCN2S(C)(=O)=O)cc1.I. The molecule has 32 heavy (non-hydrogen) atoms. The van der Waals surface area contributed by atoms with Crippen molar-refractivity contribution in [3.8, 4) is 5.75 Å². The van der Waals surface area contributed by atoms with E-state index in [1.165, 1.54) is 6.26 Å². The first kappa shape index (κ1) is 26.3. The van der Waals surface area contributed by atoms with Crippen LogP contribution in [0.3, 0.4) is 0 Å². The molecule has 10 nitrogen and oxygen atoms in total. The molecule has 3 rings (SSSR count). The Kier molecular flexibility index (Phi) is 9.70. The van der Waals surface area contributed by atoms with E-state index in [9.17, 15) is 8.42 Å². The molecule has 2 aromatic rings. The molecule has 0 spiro atoms. The van der Waals surface area contributed by atoms with E-state index >= 15 is 0 Å². The number of nitrogens with zero attached hydrogens (tertiary/aromatic N) is 5. The Morgan fingerprint density at radius 2 is 1.97 bits per heavy atom. The van der Waals surface area contributed by atoms with E-state index in [4.69, 9.17) is 4.74 Å². The number of rotatable bonds is 8. The molecule has 1 aromatic carbocycles. The molecule has 1 fully saturated rings. The second-order valence-corrected chi connectivity index (χ2v) is 9.57. The minimum Gasteiger partial charge on any atom is -0.497 e. The molecular formula is C20H32IN7O3S. The predicted octanol–water partition coefficient (Wildman–Crippen LogP) is 1.41. The lowest BCUT2D eigenvalue weighted by molar-refractivity contribution is 0.387. The minimum atomic E-state index is -3.22. The van der Waals surface area contributed by atoms with Gasteiger partial charge in [0.1, 0.15) is 11.6 Å². The molecule has 0 radical (unpaired) electrons. The Balaban J connectivity index is 0.00000363. The fourth-order valence-corrected chi connectivity index (χ4v) is 4.69. The number of hydrogen-bond donors (Lipinski definition) is 2. The maximum absolute atomic E-state index is 12.0. The summed E-state index contributed by atoms with van der Waals surface area (Å²) in [7, 11) is 0.328. The van der Waals surface area contributed by atoms with Gasteiger partial charge in [0.2, 0.25) is 10.0 Å². The third-order valence-corrected chi connectivity index (χ3v) is 6.76. The van der Waals surface area contributed by atoms with Crippen LogP contribution in [0.15, 0.2) is 29.3 Å². The number of sulfonamides is 1. The Labute approximate surface area is 206 Å². The van der Waals surface area contributed by atoms with Crippen molar-refractivity contribution in [1.82, 2.24) is 29.7 Å². The third-order valence-electron chi connectivity index (χ3n) is 5.43. The average Bonchev–Trinajstić information content (AvgIpc) is 3.35. The summed E-state index contributed by atoms with van der Waals surface area (Å²) >= 11 is 0. The largest absolute Gasteiger partial charge is 0.497 e. The molecule has 1 aliphatic heterocycles. The first-order valence-corrected chi connectivity index (χ1v) is 12.1. The highest BCUT2D eigenvalue weighted by Gasteiger charge is 2.31. The second kappa shape index (κ2) is 11.8. The maximum Gasteiger partial charge on any atom is 0.211 e. The molecule has 2 heterocycles. The van der Waals surface area contributed by atoms with E-state index in [1.807, 2.05) is 42.8 Å². The molecule has 0 bridgehead atoms. The Morgan fingerprint density at radius 3 is 2.56 bits per heavy atom. The number of halogens is 1. The van der Waals surface area contributed by atoms with Gasteiger partial charge in [0.15, 0.2) is 11.8 Å². The molecular weight excluding hydrogens is 545 g/mol. The predicted molar refractivity (Wildman–Crippen MR) is 135 cm³/mol. The Hall–Kier alpha value is -1.93. The first-order chi connectivity index (χ1) is 14.8. The van der Waals surface area contributed by atoms with E-state index in [2.05, 4.69) is 25.8 Å². The molecule has 0 aliphatic carbocycles. The van der Waals surface area contributed by atoms with Crippen LogP contribution in [-0.4, -0.2) is 65.9 Å². The molecule has 178 valence electrons. The summed E-state index contributed by atoms with van der Waals surface area (Å²) in [5.41, 5.74) is 1.04. The van der Waals surface area contributed by atoms with Gasteiger partial charge >= 0.3 is 0 Å². The van der Waals surface area contributed by atoms with E-state index in [-0.39, 0.29) is 30.0 Å². The average molecular weight is 577 g/mol. The lowest BCUT2D eigenvalue weighted by Crippen LogP contribution is -2.46. The van der Waals surface area contributed by atoms with Crippen molar-refractivity contribution in [3.05, 3.63) is 41.5 Å². The summed E-state index contributed by atoms with van der Waals surface area (Å²) in [5.74, 6) is 3.01. The van der Waals surface area contributed by atoms with Crippen LogP contribution in [0.25, 0.3) is 0 Å². The molecule has 1 atom stereocenters. The number of guanidine groups is 1. The van der Waals surface area contributed by atoms with Crippen molar-refractivity contribution in [3.63, 3.8) is 0 Å². The molecule has 2 N–H and O–H groups in total. The van der Waals surface area contributed by atoms with Gasteiger partial charge in [-0.3, -0.25) is 0 Å². The number of aromatic nitrogens is 3. The van der Waals surface area contributed by atoms with Gasteiger partial charge in [-0.2, -0.15) is 4.31 Å². The summed E-state index contributed by atoms with van der Waals surface area (Å²) in [4.78, 5) is 4.68. The molecule has 1 aromatic heterocycles. The summed E-state index contributed by atoms with van der Waals surface area (Å²) in [5, 5.41) is 14.8. The highest BCUT2D eigenvalue weighted by atomic mass is 127. The van der Waals surface area contributed by atoms with Crippen LogP contribution in [0.5, 0.6) is 5.75 Å². The smallest absolute Gasteiger partial charge is 0.211 e. The van der Waals surface area contributed by atoms with E-state index in [1.54, 1.807) is 11.4 Å². The van der Waals surface area contributed by atoms with Crippen LogP contribution in [0.2, 0.25) is 0 Å². The van der Waals surface area contributed by atoms with Gasteiger partial charge in [-0.05, 0) is 37.5 Å². The van der Waals surface area contributed by atoms with Gasteiger partial charge in [0, 0.05) is 26.2 Å². The van der Waals surface area contributed by atoms with E-state index < -0.39 is 10.0 Å². The van der Waals surface area contributed by atoms with Crippen LogP contribution >= 0.6 is 24.0 Å². The van der Waals surface area contributed by atoms with Crippen LogP contribution in [0.4, 0.5) is 0 Å². The fraction of sp³-hybridized carbons (Fsp3) is 0.550. The van der Waals surface area contributed by atoms with Crippen LogP contribution < -0.4 is 15.4 Å². The van der Waals surface area contributed by atoms with Gasteiger partial charge in [0.05, 0.1) is 26.5 Å². The second-order valence-electron chi connectivity index (χ2n) is 7.64. The van der Waals surface area contributed by atoms with Gasteiger partial charge in [-0.15, -0.1) is 34.2 Å². The summed E-state index contributed by atoms with van der Waals surface area (Å²) in [6, 6.07) is 7.65. The molecule has 0 saturated carbocycles. The number of hydrogen-bond acceptors (Lipinski definition) is 6. The number of nitrogens with one attached hydrogen (secondary N) is 2. The van der Waals surface area contributed by atoms with E-state index in [0.29, 0.717) is 32.1 Å².